The Morgan fingerprint density at radius 1 is 1.42 bits per heavy atom. The summed E-state index contributed by atoms with van der Waals surface area (Å²) in [6, 6.07) is 6.88. The van der Waals surface area contributed by atoms with E-state index in [0.29, 0.717) is 12.3 Å². The molecule has 104 valence electrons. The number of carbonyl (C=O) groups is 1. The Bertz CT molecular complexity index is 451. The van der Waals surface area contributed by atoms with E-state index in [2.05, 4.69) is 5.29 Å². The van der Waals surface area contributed by atoms with Gasteiger partial charge in [0.1, 0.15) is 5.75 Å². The molecule has 0 aliphatic heterocycles. The van der Waals surface area contributed by atoms with Crippen LogP contribution in [0.1, 0.15) is 25.5 Å². The molecule has 0 radical (unpaired) electrons. The molecule has 1 amide bonds. The average molecular weight is 265 g/mol. The second-order valence-electron chi connectivity index (χ2n) is 4.29. The maximum absolute atomic E-state index is 11.6. The van der Waals surface area contributed by atoms with Crippen LogP contribution in [0.15, 0.2) is 29.6 Å². The first kappa shape index (κ1) is 14.9. The molecule has 1 atom stereocenters. The molecule has 0 aliphatic carbocycles. The molecule has 0 aromatic heterocycles. The molecular formula is C13H19N3O3. The molecule has 6 nitrogen and oxygen atoms in total. The van der Waals surface area contributed by atoms with Crippen LogP contribution in [0.4, 0.5) is 4.79 Å². The van der Waals surface area contributed by atoms with Gasteiger partial charge in [-0.05, 0) is 31.5 Å². The van der Waals surface area contributed by atoms with E-state index in [4.69, 9.17) is 4.74 Å². The van der Waals surface area contributed by atoms with Crippen LogP contribution >= 0.6 is 0 Å². The van der Waals surface area contributed by atoms with Gasteiger partial charge in [0.25, 0.3) is 0 Å². The fourth-order valence-electron chi connectivity index (χ4n) is 1.43. The van der Waals surface area contributed by atoms with E-state index in [1.165, 1.54) is 9.91 Å². The van der Waals surface area contributed by atoms with Crippen LogP contribution < -0.4 is 4.74 Å². The van der Waals surface area contributed by atoms with Gasteiger partial charge in [0, 0.05) is 20.6 Å². The van der Waals surface area contributed by atoms with Crippen molar-refractivity contribution in [3.63, 3.8) is 0 Å². The van der Waals surface area contributed by atoms with Crippen molar-refractivity contribution in [1.29, 1.82) is 0 Å². The quantitative estimate of drug-likeness (QED) is 0.606. The molecule has 0 aliphatic rings. The predicted octanol–water partition coefficient (Wildman–Crippen LogP) is 2.81. The molecule has 0 unspecified atom stereocenters. The summed E-state index contributed by atoms with van der Waals surface area (Å²) in [6.07, 6.45) is -0.408. The van der Waals surface area contributed by atoms with E-state index in [9.17, 15) is 9.70 Å². The minimum atomic E-state index is -0.408. The molecular weight excluding hydrogens is 246 g/mol. The Morgan fingerprint density at radius 2 is 2.11 bits per heavy atom. The Morgan fingerprint density at radius 3 is 2.68 bits per heavy atom. The van der Waals surface area contributed by atoms with E-state index in [0.717, 1.165) is 5.56 Å². The van der Waals surface area contributed by atoms with E-state index in [-0.39, 0.29) is 6.04 Å². The van der Waals surface area contributed by atoms with E-state index in [1.807, 2.05) is 19.9 Å². The van der Waals surface area contributed by atoms with Gasteiger partial charge < -0.3 is 9.64 Å². The summed E-state index contributed by atoms with van der Waals surface area (Å²) in [5.74, 6) is 0.453. The molecule has 19 heavy (non-hydrogen) atoms. The Hall–Kier alpha value is -2.11. The number of rotatable bonds is 5. The highest BCUT2D eigenvalue weighted by molar-refractivity contribution is 5.70. The fourth-order valence-corrected chi connectivity index (χ4v) is 1.43. The summed E-state index contributed by atoms with van der Waals surface area (Å²) >= 11 is 0. The molecule has 0 saturated carbocycles. The Kier molecular flexibility index (Phi) is 5.29. The maximum Gasteiger partial charge on any atom is 0.414 e. The summed E-state index contributed by atoms with van der Waals surface area (Å²) in [4.78, 5) is 23.6. The molecule has 0 saturated heterocycles. The van der Waals surface area contributed by atoms with Crippen molar-refractivity contribution in [1.82, 2.24) is 9.91 Å². The van der Waals surface area contributed by atoms with Crippen molar-refractivity contribution >= 4 is 6.09 Å². The first-order valence-electron chi connectivity index (χ1n) is 6.08. The summed E-state index contributed by atoms with van der Waals surface area (Å²) in [7, 11) is 3.26. The molecule has 0 fully saturated rings. The Labute approximate surface area is 112 Å². The number of nitrogens with zero attached hydrogens (tertiary/aromatic N) is 3. The van der Waals surface area contributed by atoms with Gasteiger partial charge in [-0.2, -0.15) is 0 Å². The summed E-state index contributed by atoms with van der Waals surface area (Å²) < 4.78 is 5.23. The van der Waals surface area contributed by atoms with Gasteiger partial charge in [0.05, 0.1) is 11.3 Å². The van der Waals surface area contributed by atoms with Crippen molar-refractivity contribution in [3.8, 4) is 5.75 Å². The lowest BCUT2D eigenvalue weighted by molar-refractivity contribution is 0.165. The SMILES string of the molecule is CCN(C)C(=O)Oc1cccc([C@H](C)N(C)N=O)c1. The van der Waals surface area contributed by atoms with Crippen LogP contribution in [0.25, 0.3) is 0 Å². The van der Waals surface area contributed by atoms with Gasteiger partial charge in [-0.25, -0.2) is 4.79 Å². The zero-order valence-electron chi connectivity index (χ0n) is 11.7. The highest BCUT2D eigenvalue weighted by Gasteiger charge is 2.13. The lowest BCUT2D eigenvalue weighted by atomic mass is 10.1. The van der Waals surface area contributed by atoms with Gasteiger partial charge in [-0.3, -0.25) is 5.01 Å². The molecule has 1 aromatic rings. The van der Waals surface area contributed by atoms with Crippen molar-refractivity contribution in [2.45, 2.75) is 19.9 Å². The zero-order valence-corrected chi connectivity index (χ0v) is 11.7. The van der Waals surface area contributed by atoms with E-state index in [1.54, 1.807) is 32.3 Å². The zero-order chi connectivity index (χ0) is 14.4. The highest BCUT2D eigenvalue weighted by Crippen LogP contribution is 2.23. The van der Waals surface area contributed by atoms with Crippen molar-refractivity contribution in [3.05, 3.63) is 34.7 Å². The lowest BCUT2D eigenvalue weighted by Gasteiger charge is -2.19. The lowest BCUT2D eigenvalue weighted by Crippen LogP contribution is -2.29. The monoisotopic (exact) mass is 265 g/mol. The predicted molar refractivity (Wildman–Crippen MR) is 72.7 cm³/mol. The number of hydrogen-bond donors (Lipinski definition) is 0. The number of hydrogen-bond acceptors (Lipinski definition) is 4. The molecule has 1 aromatic carbocycles. The number of nitroso groups, excluding NO2 is 1. The third-order valence-corrected chi connectivity index (χ3v) is 3.02. The average Bonchev–Trinajstić information content (AvgIpc) is 2.44. The summed E-state index contributed by atoms with van der Waals surface area (Å²) in [5, 5.41) is 4.17. The van der Waals surface area contributed by atoms with Crippen LogP contribution in [-0.2, 0) is 0 Å². The third-order valence-electron chi connectivity index (χ3n) is 3.02. The van der Waals surface area contributed by atoms with Gasteiger partial charge in [0.15, 0.2) is 0 Å². The highest BCUT2D eigenvalue weighted by atomic mass is 16.6. The van der Waals surface area contributed by atoms with Crippen molar-refractivity contribution in [2.75, 3.05) is 20.6 Å². The van der Waals surface area contributed by atoms with Crippen LogP contribution in [-0.4, -0.2) is 36.6 Å². The first-order chi connectivity index (χ1) is 8.99. The molecule has 0 N–H and O–H groups in total. The number of amides is 1. The molecule has 0 bridgehead atoms. The molecule has 1 rings (SSSR count). The fraction of sp³-hybridized carbons (Fsp3) is 0.462. The van der Waals surface area contributed by atoms with Gasteiger partial charge >= 0.3 is 6.09 Å². The number of ether oxygens (including phenoxy) is 1. The topological polar surface area (TPSA) is 62.2 Å². The number of benzene rings is 1. The Balaban J connectivity index is 2.83. The van der Waals surface area contributed by atoms with Crippen molar-refractivity contribution in [2.24, 2.45) is 5.29 Å². The second kappa shape index (κ2) is 6.72. The van der Waals surface area contributed by atoms with Gasteiger partial charge in [-0.15, -0.1) is 4.91 Å². The summed E-state index contributed by atoms with van der Waals surface area (Å²) in [5.41, 5.74) is 0.853. The maximum atomic E-state index is 11.6. The smallest absolute Gasteiger partial charge is 0.410 e. The minimum absolute atomic E-state index is 0.181. The van der Waals surface area contributed by atoms with Crippen molar-refractivity contribution < 1.29 is 9.53 Å². The van der Waals surface area contributed by atoms with Crippen LogP contribution in [0.5, 0.6) is 5.75 Å². The van der Waals surface area contributed by atoms with E-state index >= 15 is 0 Å². The van der Waals surface area contributed by atoms with Crippen LogP contribution in [0.3, 0.4) is 0 Å². The molecule has 0 heterocycles. The second-order valence-corrected chi connectivity index (χ2v) is 4.29. The standard InChI is InChI=1S/C13H19N3O3/c1-5-15(3)13(17)19-12-8-6-7-11(9-12)10(2)16(4)14-18/h6-10H,5H2,1-4H3/t10-/m0/s1. The normalized spacial score (nSPS) is 11.6. The molecule has 0 spiro atoms. The van der Waals surface area contributed by atoms with Gasteiger partial charge in [-0.1, -0.05) is 12.1 Å². The van der Waals surface area contributed by atoms with Crippen LogP contribution in [0, 0.1) is 4.91 Å². The number of carbonyl (C=O) groups excluding carboxylic acids is 1. The van der Waals surface area contributed by atoms with Crippen LogP contribution in [0.2, 0.25) is 0 Å². The third kappa shape index (κ3) is 3.94. The first-order valence-corrected chi connectivity index (χ1v) is 6.08. The summed E-state index contributed by atoms with van der Waals surface area (Å²) in [6.45, 7) is 4.29. The van der Waals surface area contributed by atoms with E-state index < -0.39 is 6.09 Å². The molecule has 6 heteroatoms. The largest absolute Gasteiger partial charge is 0.414 e. The van der Waals surface area contributed by atoms with Gasteiger partial charge in [0.2, 0.25) is 0 Å². The minimum Gasteiger partial charge on any atom is -0.410 e.